The number of anilines is 1. The van der Waals surface area contributed by atoms with Gasteiger partial charge in [0.25, 0.3) is 0 Å². The van der Waals surface area contributed by atoms with E-state index in [1.54, 1.807) is 36.4 Å². The maximum Gasteiger partial charge on any atom is 0.243 e. The molecule has 0 saturated heterocycles. The Morgan fingerprint density at radius 1 is 1.27 bits per heavy atom. The minimum Gasteiger partial charge on any atom is -0.497 e. The van der Waals surface area contributed by atoms with Gasteiger partial charge in [-0.3, -0.25) is 4.79 Å². The lowest BCUT2D eigenvalue weighted by Crippen LogP contribution is -2.38. The highest BCUT2D eigenvalue weighted by molar-refractivity contribution is 7.89. The van der Waals surface area contributed by atoms with Gasteiger partial charge >= 0.3 is 0 Å². The van der Waals surface area contributed by atoms with Crippen LogP contribution in [0.2, 0.25) is 5.02 Å². The Kier molecular flexibility index (Phi) is 6.79. The molecule has 0 aliphatic carbocycles. The fourth-order valence-corrected chi connectivity index (χ4v) is 3.77. The van der Waals surface area contributed by atoms with Crippen molar-refractivity contribution in [2.24, 2.45) is 0 Å². The van der Waals surface area contributed by atoms with Gasteiger partial charge in [0, 0.05) is 17.3 Å². The molecule has 8 heteroatoms. The van der Waals surface area contributed by atoms with Gasteiger partial charge in [-0.1, -0.05) is 23.7 Å². The van der Waals surface area contributed by atoms with Gasteiger partial charge in [0.1, 0.15) is 5.75 Å². The molecule has 2 rings (SSSR count). The number of rotatable bonds is 8. The van der Waals surface area contributed by atoms with E-state index in [-0.39, 0.29) is 18.0 Å². The molecule has 0 fully saturated rings. The number of benzene rings is 2. The smallest absolute Gasteiger partial charge is 0.243 e. The molecule has 0 unspecified atom stereocenters. The number of carbonyl (C=O) groups is 1. The van der Waals surface area contributed by atoms with Crippen LogP contribution in [0.4, 0.5) is 5.69 Å². The van der Waals surface area contributed by atoms with Gasteiger partial charge in [-0.25, -0.2) is 8.42 Å². The molecule has 2 aromatic carbocycles. The summed E-state index contributed by atoms with van der Waals surface area (Å²) >= 11 is 5.88. The Labute approximate surface area is 158 Å². The Morgan fingerprint density at radius 3 is 2.54 bits per heavy atom. The Bertz CT molecular complexity index is 882. The van der Waals surface area contributed by atoms with Crippen LogP contribution >= 0.6 is 11.6 Å². The van der Waals surface area contributed by atoms with E-state index in [0.717, 1.165) is 4.31 Å². The summed E-state index contributed by atoms with van der Waals surface area (Å²) in [6, 6.07) is 12.6. The van der Waals surface area contributed by atoms with Gasteiger partial charge in [0.15, 0.2) is 0 Å². The highest BCUT2D eigenvalue weighted by Gasteiger charge is 2.25. The van der Waals surface area contributed by atoms with Gasteiger partial charge in [-0.2, -0.15) is 4.31 Å². The molecule has 0 heterocycles. The van der Waals surface area contributed by atoms with Gasteiger partial charge < -0.3 is 10.1 Å². The van der Waals surface area contributed by atoms with Crippen molar-refractivity contribution in [1.82, 2.24) is 4.31 Å². The first-order valence-corrected chi connectivity index (χ1v) is 9.49. The number of nitrogens with zero attached hydrogens (tertiary/aromatic N) is 1. The van der Waals surface area contributed by atoms with Crippen molar-refractivity contribution in [3.05, 3.63) is 66.2 Å². The molecule has 0 bridgehead atoms. The summed E-state index contributed by atoms with van der Waals surface area (Å²) in [6.07, 6.45) is 1.42. The Hall–Kier alpha value is -2.35. The van der Waals surface area contributed by atoms with Gasteiger partial charge in [0.2, 0.25) is 15.9 Å². The first kappa shape index (κ1) is 20.0. The Morgan fingerprint density at radius 2 is 1.96 bits per heavy atom. The van der Waals surface area contributed by atoms with Crippen LogP contribution in [0.3, 0.4) is 0 Å². The third-order valence-electron chi connectivity index (χ3n) is 3.46. The van der Waals surface area contributed by atoms with Crippen LogP contribution < -0.4 is 10.1 Å². The SMILES string of the molecule is C=CCN(CC(=O)Nc1cccc(Cl)c1)S(=O)(=O)c1ccc(OC)cc1. The van der Waals surface area contributed by atoms with E-state index >= 15 is 0 Å². The van der Waals surface area contributed by atoms with E-state index in [2.05, 4.69) is 11.9 Å². The minimum atomic E-state index is -3.86. The zero-order chi connectivity index (χ0) is 19.2. The first-order chi connectivity index (χ1) is 12.4. The lowest BCUT2D eigenvalue weighted by atomic mass is 10.3. The van der Waals surface area contributed by atoms with Crippen molar-refractivity contribution in [3.63, 3.8) is 0 Å². The highest BCUT2D eigenvalue weighted by atomic mass is 35.5. The number of nitrogens with one attached hydrogen (secondary N) is 1. The predicted molar refractivity (Wildman–Crippen MR) is 102 cm³/mol. The topological polar surface area (TPSA) is 75.7 Å². The average molecular weight is 395 g/mol. The summed E-state index contributed by atoms with van der Waals surface area (Å²) in [7, 11) is -2.37. The van der Waals surface area contributed by atoms with Crippen LogP contribution in [0.1, 0.15) is 0 Å². The minimum absolute atomic E-state index is 0.00265. The predicted octanol–water partition coefficient (Wildman–Crippen LogP) is 3.16. The monoisotopic (exact) mass is 394 g/mol. The van der Waals surface area contributed by atoms with Crippen molar-refractivity contribution in [2.45, 2.75) is 4.90 Å². The molecule has 2 aromatic rings. The number of halogens is 1. The van der Waals surface area contributed by atoms with E-state index in [1.807, 2.05) is 0 Å². The van der Waals surface area contributed by atoms with E-state index in [0.29, 0.717) is 16.5 Å². The number of amides is 1. The van der Waals surface area contributed by atoms with E-state index < -0.39 is 15.9 Å². The first-order valence-electron chi connectivity index (χ1n) is 7.67. The molecule has 0 spiro atoms. The summed E-state index contributed by atoms with van der Waals surface area (Å²) in [6.45, 7) is 3.21. The average Bonchev–Trinajstić information content (AvgIpc) is 2.61. The van der Waals surface area contributed by atoms with Crippen LogP contribution in [0.5, 0.6) is 5.75 Å². The number of sulfonamides is 1. The summed E-state index contributed by atoms with van der Waals surface area (Å²) in [5, 5.41) is 3.10. The molecule has 0 aliphatic heterocycles. The van der Waals surface area contributed by atoms with Crippen LogP contribution in [0, 0.1) is 0 Å². The van der Waals surface area contributed by atoms with Crippen LogP contribution in [-0.4, -0.2) is 38.8 Å². The molecule has 0 atom stereocenters. The fraction of sp³-hybridized carbons (Fsp3) is 0.167. The van der Waals surface area contributed by atoms with Gasteiger partial charge in [0.05, 0.1) is 18.6 Å². The molecule has 1 N–H and O–H groups in total. The number of hydrogen-bond donors (Lipinski definition) is 1. The maximum absolute atomic E-state index is 12.8. The van der Waals surface area contributed by atoms with E-state index in [1.165, 1.54) is 25.3 Å². The quantitative estimate of drug-likeness (QED) is 0.698. The molecule has 1 amide bonds. The lowest BCUT2D eigenvalue weighted by molar-refractivity contribution is -0.116. The molecule has 0 saturated carbocycles. The summed E-state index contributed by atoms with van der Waals surface area (Å²) in [4.78, 5) is 12.3. The van der Waals surface area contributed by atoms with Crippen molar-refractivity contribution in [3.8, 4) is 5.75 Å². The normalized spacial score (nSPS) is 11.2. The maximum atomic E-state index is 12.8. The zero-order valence-electron chi connectivity index (χ0n) is 14.2. The zero-order valence-corrected chi connectivity index (χ0v) is 15.8. The number of carbonyl (C=O) groups excluding carboxylic acids is 1. The third-order valence-corrected chi connectivity index (χ3v) is 5.52. The number of methoxy groups -OCH3 is 1. The van der Waals surface area contributed by atoms with Crippen molar-refractivity contribution in [1.29, 1.82) is 0 Å². The molecule has 26 heavy (non-hydrogen) atoms. The van der Waals surface area contributed by atoms with Crippen molar-refractivity contribution in [2.75, 3.05) is 25.5 Å². The molecular formula is C18H19ClN2O4S. The lowest BCUT2D eigenvalue weighted by Gasteiger charge is -2.20. The third kappa shape index (κ3) is 5.08. The van der Waals surface area contributed by atoms with Gasteiger partial charge in [-0.15, -0.1) is 6.58 Å². The highest BCUT2D eigenvalue weighted by Crippen LogP contribution is 2.20. The number of ether oxygens (including phenoxy) is 1. The van der Waals surface area contributed by atoms with Crippen LogP contribution in [0.25, 0.3) is 0 Å². The van der Waals surface area contributed by atoms with Gasteiger partial charge in [-0.05, 0) is 42.5 Å². The largest absolute Gasteiger partial charge is 0.497 e. The summed E-state index contributed by atoms with van der Waals surface area (Å²) in [5.41, 5.74) is 0.489. The van der Waals surface area contributed by atoms with Crippen molar-refractivity contribution < 1.29 is 17.9 Å². The summed E-state index contributed by atoms with van der Waals surface area (Å²) in [5.74, 6) is 0.0594. The standard InChI is InChI=1S/C18H19ClN2O4S/c1-3-11-21(13-18(22)20-15-6-4-5-14(19)12-15)26(23,24)17-9-7-16(25-2)8-10-17/h3-10,12H,1,11,13H2,2H3,(H,20,22). The van der Waals surface area contributed by atoms with E-state index in [4.69, 9.17) is 16.3 Å². The molecular weight excluding hydrogens is 376 g/mol. The van der Waals surface area contributed by atoms with Crippen LogP contribution in [-0.2, 0) is 14.8 Å². The summed E-state index contributed by atoms with van der Waals surface area (Å²) < 4.78 is 31.7. The molecule has 6 nitrogen and oxygen atoms in total. The van der Waals surface area contributed by atoms with Crippen LogP contribution in [0.15, 0.2) is 66.1 Å². The Balaban J connectivity index is 2.18. The molecule has 0 radical (unpaired) electrons. The van der Waals surface area contributed by atoms with Crippen molar-refractivity contribution >= 4 is 33.2 Å². The number of hydrogen-bond acceptors (Lipinski definition) is 4. The molecule has 138 valence electrons. The second-order valence-electron chi connectivity index (χ2n) is 5.32. The van der Waals surface area contributed by atoms with E-state index in [9.17, 15) is 13.2 Å². The second-order valence-corrected chi connectivity index (χ2v) is 7.69. The molecule has 0 aromatic heterocycles. The molecule has 0 aliphatic rings. The second kappa shape index (κ2) is 8.84. The fourth-order valence-electron chi connectivity index (χ4n) is 2.22.